The Morgan fingerprint density at radius 3 is 2.39 bits per heavy atom. The summed E-state index contributed by atoms with van der Waals surface area (Å²) >= 11 is 0. The summed E-state index contributed by atoms with van der Waals surface area (Å²) in [5.41, 5.74) is 1.21. The molecule has 0 atom stereocenters. The first kappa shape index (κ1) is 19.2. The van der Waals surface area contributed by atoms with Crippen LogP contribution in [0.15, 0.2) is 66.9 Å². The van der Waals surface area contributed by atoms with E-state index in [1.54, 1.807) is 12.1 Å². The quantitative estimate of drug-likeness (QED) is 0.663. The van der Waals surface area contributed by atoms with E-state index in [4.69, 9.17) is 4.74 Å². The number of pyridine rings is 1. The third-order valence-corrected chi connectivity index (χ3v) is 3.88. The number of ether oxygens (including phenoxy) is 1. The van der Waals surface area contributed by atoms with Crippen LogP contribution < -0.4 is 5.32 Å². The van der Waals surface area contributed by atoms with E-state index < -0.39 is 23.5 Å². The Balaban J connectivity index is 1.56. The van der Waals surface area contributed by atoms with Gasteiger partial charge in [0.05, 0.1) is 0 Å². The number of hydrogen-bond acceptors (Lipinski definition) is 4. The maximum atomic E-state index is 14.3. The SMILES string of the molecule is O=C(CNC(=O)c1cc(F)c(-c2ccc(F)cc2)cn1)OCc1ccccc1. The first-order valence-corrected chi connectivity index (χ1v) is 8.42. The molecule has 5 nitrogen and oxygen atoms in total. The van der Waals surface area contributed by atoms with Crippen molar-refractivity contribution in [2.24, 2.45) is 0 Å². The second-order valence-corrected chi connectivity index (χ2v) is 5.89. The number of hydrogen-bond donors (Lipinski definition) is 1. The predicted octanol–water partition coefficient (Wildman–Crippen LogP) is 3.50. The van der Waals surface area contributed by atoms with Gasteiger partial charge < -0.3 is 10.1 Å². The molecule has 28 heavy (non-hydrogen) atoms. The van der Waals surface area contributed by atoms with Gasteiger partial charge in [0.25, 0.3) is 5.91 Å². The lowest BCUT2D eigenvalue weighted by Gasteiger charge is -2.08. The Labute approximate surface area is 160 Å². The lowest BCUT2D eigenvalue weighted by Crippen LogP contribution is -2.31. The van der Waals surface area contributed by atoms with E-state index >= 15 is 0 Å². The number of carbonyl (C=O) groups excluding carboxylic acids is 2. The number of carbonyl (C=O) groups is 2. The van der Waals surface area contributed by atoms with Crippen molar-refractivity contribution in [1.29, 1.82) is 0 Å². The van der Waals surface area contributed by atoms with Gasteiger partial charge in [-0.3, -0.25) is 14.6 Å². The number of benzene rings is 2. The summed E-state index contributed by atoms with van der Waals surface area (Å²) in [5, 5.41) is 2.34. The number of amides is 1. The van der Waals surface area contributed by atoms with Crippen molar-refractivity contribution in [1.82, 2.24) is 10.3 Å². The molecule has 142 valence electrons. The van der Waals surface area contributed by atoms with Gasteiger partial charge in [-0.1, -0.05) is 42.5 Å². The summed E-state index contributed by atoms with van der Waals surface area (Å²) in [6.45, 7) is -0.274. The van der Waals surface area contributed by atoms with E-state index in [0.717, 1.165) is 11.6 Å². The highest BCUT2D eigenvalue weighted by molar-refractivity contribution is 5.94. The highest BCUT2D eigenvalue weighted by atomic mass is 19.1. The molecule has 1 heterocycles. The maximum absolute atomic E-state index is 14.3. The van der Waals surface area contributed by atoms with Crippen molar-refractivity contribution in [3.05, 3.63) is 89.8 Å². The zero-order chi connectivity index (χ0) is 19.9. The van der Waals surface area contributed by atoms with Crippen molar-refractivity contribution in [2.75, 3.05) is 6.54 Å². The molecule has 7 heteroatoms. The molecule has 0 saturated heterocycles. The molecule has 0 bridgehead atoms. The second kappa shape index (κ2) is 8.85. The lowest BCUT2D eigenvalue weighted by atomic mass is 10.1. The first-order chi connectivity index (χ1) is 13.5. The van der Waals surface area contributed by atoms with Crippen LogP contribution in [-0.4, -0.2) is 23.4 Å². The van der Waals surface area contributed by atoms with E-state index in [1.165, 1.54) is 30.5 Å². The fourth-order valence-electron chi connectivity index (χ4n) is 2.43. The van der Waals surface area contributed by atoms with Crippen molar-refractivity contribution in [3.63, 3.8) is 0 Å². The zero-order valence-corrected chi connectivity index (χ0v) is 14.7. The van der Waals surface area contributed by atoms with Gasteiger partial charge in [-0.25, -0.2) is 8.78 Å². The summed E-state index contributed by atoms with van der Waals surface area (Å²) in [5.74, 6) is -2.45. The summed E-state index contributed by atoms with van der Waals surface area (Å²) in [4.78, 5) is 27.7. The Morgan fingerprint density at radius 1 is 1.00 bits per heavy atom. The van der Waals surface area contributed by atoms with Crippen molar-refractivity contribution in [3.8, 4) is 11.1 Å². The zero-order valence-electron chi connectivity index (χ0n) is 14.7. The van der Waals surface area contributed by atoms with E-state index in [1.807, 2.05) is 18.2 Å². The number of halogens is 2. The van der Waals surface area contributed by atoms with Crippen LogP contribution in [-0.2, 0) is 16.1 Å². The molecular formula is C21H16F2N2O3. The van der Waals surface area contributed by atoms with Crippen LogP contribution in [0.25, 0.3) is 11.1 Å². The summed E-state index contributed by atoms with van der Waals surface area (Å²) < 4.78 is 32.3. The van der Waals surface area contributed by atoms with Crippen LogP contribution in [0.4, 0.5) is 8.78 Å². The van der Waals surface area contributed by atoms with Crippen LogP contribution in [0.1, 0.15) is 16.1 Å². The standard InChI is InChI=1S/C21H16F2N2O3/c22-16-8-6-15(7-9-16)17-11-24-19(10-18(17)23)21(27)25-12-20(26)28-13-14-4-2-1-3-5-14/h1-11H,12-13H2,(H,25,27). The molecular weight excluding hydrogens is 366 g/mol. The molecule has 0 aliphatic carbocycles. The molecule has 0 saturated carbocycles. The van der Waals surface area contributed by atoms with Crippen LogP contribution in [0.3, 0.4) is 0 Å². The maximum Gasteiger partial charge on any atom is 0.325 e. The summed E-state index contributed by atoms with van der Waals surface area (Å²) in [6, 6.07) is 15.3. The molecule has 0 radical (unpaired) electrons. The third-order valence-electron chi connectivity index (χ3n) is 3.88. The van der Waals surface area contributed by atoms with Crippen molar-refractivity contribution >= 4 is 11.9 Å². The normalized spacial score (nSPS) is 10.4. The predicted molar refractivity (Wildman–Crippen MR) is 98.2 cm³/mol. The molecule has 0 aliphatic rings. The highest BCUT2D eigenvalue weighted by Gasteiger charge is 2.14. The molecule has 3 aromatic rings. The molecule has 0 fully saturated rings. The molecule has 1 amide bonds. The van der Waals surface area contributed by atoms with Gasteiger partial charge in [0, 0.05) is 17.8 Å². The smallest absolute Gasteiger partial charge is 0.325 e. The number of esters is 1. The molecule has 0 unspecified atom stereocenters. The Bertz CT molecular complexity index is 977. The average molecular weight is 382 g/mol. The fraction of sp³-hybridized carbons (Fsp3) is 0.0952. The van der Waals surface area contributed by atoms with E-state index in [2.05, 4.69) is 10.3 Å². The van der Waals surface area contributed by atoms with Gasteiger partial charge in [-0.2, -0.15) is 0 Å². The molecule has 1 N–H and O–H groups in total. The van der Waals surface area contributed by atoms with Gasteiger partial charge in [0.2, 0.25) is 0 Å². The molecule has 0 spiro atoms. The highest BCUT2D eigenvalue weighted by Crippen LogP contribution is 2.22. The number of rotatable bonds is 6. The van der Waals surface area contributed by atoms with Crippen LogP contribution in [0, 0.1) is 11.6 Å². The van der Waals surface area contributed by atoms with Crippen LogP contribution in [0.5, 0.6) is 0 Å². The Hall–Kier alpha value is -3.61. The van der Waals surface area contributed by atoms with Crippen LogP contribution in [0.2, 0.25) is 0 Å². The fourth-order valence-corrected chi connectivity index (χ4v) is 2.43. The average Bonchev–Trinajstić information content (AvgIpc) is 2.72. The van der Waals surface area contributed by atoms with E-state index in [-0.39, 0.29) is 24.4 Å². The third kappa shape index (κ3) is 4.97. The number of nitrogens with zero attached hydrogens (tertiary/aromatic N) is 1. The monoisotopic (exact) mass is 382 g/mol. The largest absolute Gasteiger partial charge is 0.460 e. The Morgan fingerprint density at radius 2 is 1.71 bits per heavy atom. The van der Waals surface area contributed by atoms with E-state index in [0.29, 0.717) is 5.56 Å². The van der Waals surface area contributed by atoms with Gasteiger partial charge in [-0.05, 0) is 23.3 Å². The van der Waals surface area contributed by atoms with Gasteiger partial charge >= 0.3 is 5.97 Å². The van der Waals surface area contributed by atoms with Gasteiger partial charge in [0.15, 0.2) is 0 Å². The molecule has 3 rings (SSSR count). The molecule has 0 aliphatic heterocycles. The Kier molecular flexibility index (Phi) is 6.06. The van der Waals surface area contributed by atoms with Crippen molar-refractivity contribution < 1.29 is 23.1 Å². The minimum atomic E-state index is -0.707. The molecule has 2 aromatic carbocycles. The number of aromatic nitrogens is 1. The van der Waals surface area contributed by atoms with Crippen LogP contribution >= 0.6 is 0 Å². The second-order valence-electron chi connectivity index (χ2n) is 5.89. The topological polar surface area (TPSA) is 68.3 Å². The minimum Gasteiger partial charge on any atom is -0.460 e. The van der Waals surface area contributed by atoms with Crippen molar-refractivity contribution in [2.45, 2.75) is 6.61 Å². The minimum absolute atomic E-state index is 0.0921. The van der Waals surface area contributed by atoms with E-state index in [9.17, 15) is 18.4 Å². The summed E-state index contributed by atoms with van der Waals surface area (Å²) in [6.07, 6.45) is 1.19. The number of nitrogens with one attached hydrogen (secondary N) is 1. The summed E-state index contributed by atoms with van der Waals surface area (Å²) in [7, 11) is 0. The van der Waals surface area contributed by atoms with Gasteiger partial charge in [0.1, 0.15) is 30.5 Å². The molecule has 1 aromatic heterocycles. The van der Waals surface area contributed by atoms with Gasteiger partial charge in [-0.15, -0.1) is 0 Å². The first-order valence-electron chi connectivity index (χ1n) is 8.42. The lowest BCUT2D eigenvalue weighted by molar-refractivity contribution is -0.143.